The zero-order chi connectivity index (χ0) is 21.0. The number of aryl methyl sites for hydroxylation is 1. The van der Waals surface area contributed by atoms with Crippen molar-refractivity contribution in [3.63, 3.8) is 0 Å². The number of H-pyrrole nitrogens is 1. The molecule has 3 N–H and O–H groups in total. The molecule has 0 atom stereocenters. The fraction of sp³-hybridized carbons (Fsp3) is 0.200. The van der Waals surface area contributed by atoms with E-state index in [-0.39, 0.29) is 5.91 Å². The van der Waals surface area contributed by atoms with Crippen molar-refractivity contribution in [2.45, 2.75) is 19.9 Å². The number of carbonyl (C=O) groups is 3. The Hall–Kier alpha value is -3.46. The van der Waals surface area contributed by atoms with E-state index >= 15 is 0 Å². The molecule has 0 saturated carbocycles. The van der Waals surface area contributed by atoms with Crippen molar-refractivity contribution in [3.8, 4) is 0 Å². The summed E-state index contributed by atoms with van der Waals surface area (Å²) in [5, 5.41) is 16.7. The van der Waals surface area contributed by atoms with Gasteiger partial charge < -0.3 is 20.1 Å². The summed E-state index contributed by atoms with van der Waals surface area (Å²) < 4.78 is 1.20. The summed E-state index contributed by atoms with van der Waals surface area (Å²) >= 11 is 1.75. The van der Waals surface area contributed by atoms with E-state index in [2.05, 4.69) is 16.0 Å². The van der Waals surface area contributed by atoms with Gasteiger partial charge in [-0.25, -0.2) is 14.6 Å². The molecule has 1 amide bonds. The number of amides is 1. The maximum atomic E-state index is 12.8. The molecule has 29 heavy (non-hydrogen) atoms. The summed E-state index contributed by atoms with van der Waals surface area (Å²) in [6.07, 6.45) is 3.74. The predicted octanol–water partition coefficient (Wildman–Crippen LogP) is 2.84. The highest BCUT2D eigenvalue weighted by molar-refractivity contribution is 7.19. The van der Waals surface area contributed by atoms with Gasteiger partial charge in [0.15, 0.2) is 0 Å². The number of thiophene rings is 1. The molecule has 3 aromatic rings. The van der Waals surface area contributed by atoms with Crippen LogP contribution in [0.15, 0.2) is 42.7 Å². The van der Waals surface area contributed by atoms with E-state index < -0.39 is 11.9 Å². The van der Waals surface area contributed by atoms with Gasteiger partial charge in [-0.05, 0) is 13.0 Å². The average Bonchev–Trinajstić information content (AvgIpc) is 3.26. The van der Waals surface area contributed by atoms with Crippen LogP contribution < -0.4 is 0 Å². The molecule has 0 spiro atoms. The van der Waals surface area contributed by atoms with Crippen LogP contribution in [-0.4, -0.2) is 49.5 Å². The summed E-state index contributed by atoms with van der Waals surface area (Å²) in [6.45, 7) is 3.34. The summed E-state index contributed by atoms with van der Waals surface area (Å²) in [5.74, 6) is -2.38. The molecule has 0 bridgehead atoms. The standard InChI is InChI=1S/C16H15N3OS.C4H4O4/c1-10-12(18-9-17-10)8-19-7-6-14-15(16(19)20)11-4-2-3-5-13(11)21-14;5-3(6)1-2-4(7)8/h2-5,9H,6-8H2,1H3,(H,17,18);1-2H,(H,5,6)(H,7,8)/b;2-1-. The molecule has 0 fully saturated rings. The lowest BCUT2D eigenvalue weighted by Crippen LogP contribution is -2.36. The molecule has 8 nitrogen and oxygen atoms in total. The summed E-state index contributed by atoms with van der Waals surface area (Å²) in [5.41, 5.74) is 2.88. The lowest BCUT2D eigenvalue weighted by molar-refractivity contribution is -0.134. The van der Waals surface area contributed by atoms with Crippen LogP contribution in [-0.2, 0) is 22.6 Å². The van der Waals surface area contributed by atoms with Crippen LogP contribution in [0.3, 0.4) is 0 Å². The number of nitrogens with zero attached hydrogens (tertiary/aromatic N) is 2. The molecule has 0 saturated heterocycles. The Morgan fingerprint density at radius 2 is 1.93 bits per heavy atom. The third-order valence-electron chi connectivity index (χ3n) is 4.42. The number of nitrogens with one attached hydrogen (secondary N) is 1. The second-order valence-corrected chi connectivity index (χ2v) is 7.49. The van der Waals surface area contributed by atoms with E-state index in [0.717, 1.165) is 35.3 Å². The van der Waals surface area contributed by atoms with Gasteiger partial charge in [-0.3, -0.25) is 4.79 Å². The molecule has 150 valence electrons. The van der Waals surface area contributed by atoms with Crippen LogP contribution in [0, 0.1) is 6.92 Å². The van der Waals surface area contributed by atoms with Gasteiger partial charge in [-0.2, -0.15) is 0 Å². The average molecular weight is 413 g/mol. The number of aliphatic carboxylic acids is 2. The maximum absolute atomic E-state index is 12.8. The van der Waals surface area contributed by atoms with Crippen molar-refractivity contribution in [3.05, 3.63) is 64.6 Å². The SMILES string of the molecule is Cc1[nH]cnc1CN1CCc2sc3ccccc3c2C1=O.O=C(O)/C=C\C(=O)O. The lowest BCUT2D eigenvalue weighted by atomic mass is 10.0. The molecule has 2 aromatic heterocycles. The predicted molar refractivity (Wildman–Crippen MR) is 108 cm³/mol. The number of aromatic nitrogens is 2. The molecule has 0 radical (unpaired) electrons. The number of carboxylic acid groups (broad SMARTS) is 2. The molecule has 9 heteroatoms. The van der Waals surface area contributed by atoms with Gasteiger partial charge in [0.05, 0.1) is 24.1 Å². The minimum Gasteiger partial charge on any atom is -0.478 e. The molecular formula is C20H19N3O5S. The lowest BCUT2D eigenvalue weighted by Gasteiger charge is -2.26. The van der Waals surface area contributed by atoms with Gasteiger partial charge in [0.2, 0.25) is 0 Å². The van der Waals surface area contributed by atoms with Gasteiger partial charge >= 0.3 is 11.9 Å². The van der Waals surface area contributed by atoms with Crippen LogP contribution in [0.25, 0.3) is 10.1 Å². The number of imidazole rings is 1. The Bertz CT molecular complexity index is 1080. The normalized spacial score (nSPS) is 13.3. The summed E-state index contributed by atoms with van der Waals surface area (Å²) in [7, 11) is 0. The zero-order valence-corrected chi connectivity index (χ0v) is 16.4. The second-order valence-electron chi connectivity index (χ2n) is 6.36. The number of rotatable bonds is 4. The molecule has 1 aliphatic heterocycles. The van der Waals surface area contributed by atoms with Crippen molar-refractivity contribution >= 4 is 39.3 Å². The Morgan fingerprint density at radius 3 is 2.55 bits per heavy atom. The van der Waals surface area contributed by atoms with Crippen LogP contribution in [0.4, 0.5) is 0 Å². The smallest absolute Gasteiger partial charge is 0.328 e. The second kappa shape index (κ2) is 8.70. The molecule has 0 unspecified atom stereocenters. The fourth-order valence-electron chi connectivity index (χ4n) is 3.02. The maximum Gasteiger partial charge on any atom is 0.328 e. The van der Waals surface area contributed by atoms with Gasteiger partial charge in [0.25, 0.3) is 5.91 Å². The summed E-state index contributed by atoms with van der Waals surface area (Å²) in [6, 6.07) is 8.17. The van der Waals surface area contributed by atoms with Crippen molar-refractivity contribution in [1.29, 1.82) is 0 Å². The topological polar surface area (TPSA) is 124 Å². The van der Waals surface area contributed by atoms with Crippen molar-refractivity contribution in [1.82, 2.24) is 14.9 Å². The molecule has 1 aromatic carbocycles. The Morgan fingerprint density at radius 1 is 1.24 bits per heavy atom. The van der Waals surface area contributed by atoms with E-state index in [9.17, 15) is 14.4 Å². The minimum absolute atomic E-state index is 0.135. The highest BCUT2D eigenvalue weighted by Crippen LogP contribution is 2.35. The van der Waals surface area contributed by atoms with E-state index in [4.69, 9.17) is 10.2 Å². The first-order chi connectivity index (χ1) is 13.9. The molecule has 3 heterocycles. The monoisotopic (exact) mass is 413 g/mol. The Kier molecular flexibility index (Phi) is 6.08. The number of carboxylic acids is 2. The highest BCUT2D eigenvalue weighted by Gasteiger charge is 2.28. The number of hydrogen-bond donors (Lipinski definition) is 3. The fourth-order valence-corrected chi connectivity index (χ4v) is 4.21. The van der Waals surface area contributed by atoms with Crippen LogP contribution in [0.1, 0.15) is 26.6 Å². The van der Waals surface area contributed by atoms with Gasteiger partial charge in [0, 0.05) is 45.8 Å². The number of hydrogen-bond acceptors (Lipinski definition) is 5. The van der Waals surface area contributed by atoms with Crippen molar-refractivity contribution in [2.24, 2.45) is 0 Å². The first-order valence-electron chi connectivity index (χ1n) is 8.79. The molecular weight excluding hydrogens is 394 g/mol. The third kappa shape index (κ3) is 4.69. The van der Waals surface area contributed by atoms with E-state index in [1.807, 2.05) is 30.0 Å². The first kappa shape index (κ1) is 20.3. The molecule has 0 aliphatic carbocycles. The van der Waals surface area contributed by atoms with Gasteiger partial charge in [-0.1, -0.05) is 18.2 Å². The molecule has 4 rings (SSSR count). The quantitative estimate of drug-likeness (QED) is 0.565. The van der Waals surface area contributed by atoms with Crippen molar-refractivity contribution in [2.75, 3.05) is 6.54 Å². The first-order valence-corrected chi connectivity index (χ1v) is 9.61. The Labute approximate surface area is 170 Å². The number of aromatic amines is 1. The van der Waals surface area contributed by atoms with Crippen LogP contribution in [0.5, 0.6) is 0 Å². The largest absolute Gasteiger partial charge is 0.478 e. The number of carbonyl (C=O) groups excluding carboxylic acids is 1. The van der Waals surface area contributed by atoms with E-state index in [1.165, 1.54) is 9.58 Å². The summed E-state index contributed by atoms with van der Waals surface area (Å²) in [4.78, 5) is 42.4. The van der Waals surface area contributed by atoms with Gasteiger partial charge in [0.1, 0.15) is 0 Å². The zero-order valence-electron chi connectivity index (χ0n) is 15.6. The number of fused-ring (bicyclic) bond motifs is 3. The van der Waals surface area contributed by atoms with E-state index in [0.29, 0.717) is 18.7 Å². The number of benzene rings is 1. The Balaban J connectivity index is 0.000000258. The van der Waals surface area contributed by atoms with Gasteiger partial charge in [-0.15, -0.1) is 11.3 Å². The van der Waals surface area contributed by atoms with Crippen molar-refractivity contribution < 1.29 is 24.6 Å². The van der Waals surface area contributed by atoms with Crippen LogP contribution >= 0.6 is 11.3 Å². The third-order valence-corrected chi connectivity index (χ3v) is 5.65. The van der Waals surface area contributed by atoms with E-state index in [1.54, 1.807) is 17.7 Å². The van der Waals surface area contributed by atoms with Crippen LogP contribution in [0.2, 0.25) is 0 Å². The highest BCUT2D eigenvalue weighted by atomic mass is 32.1. The minimum atomic E-state index is -1.26. The molecule has 1 aliphatic rings.